The number of hydrogen-bond acceptors (Lipinski definition) is 5. The van der Waals surface area contributed by atoms with Crippen LogP contribution in [0.2, 0.25) is 0 Å². The van der Waals surface area contributed by atoms with Gasteiger partial charge in [-0.3, -0.25) is 9.10 Å². The van der Waals surface area contributed by atoms with Gasteiger partial charge < -0.3 is 15.0 Å². The molecule has 0 bridgehead atoms. The van der Waals surface area contributed by atoms with E-state index in [2.05, 4.69) is 5.32 Å². The molecule has 1 N–H and O–H groups in total. The number of carbonyl (C=O) groups excluding carboxylic acids is 1. The van der Waals surface area contributed by atoms with Crippen LogP contribution in [-0.4, -0.2) is 41.2 Å². The minimum atomic E-state index is -3.66. The van der Waals surface area contributed by atoms with Crippen LogP contribution in [0.5, 0.6) is 11.5 Å². The molecule has 3 aromatic carbocycles. The maximum atomic E-state index is 12.5. The fourth-order valence-electron chi connectivity index (χ4n) is 3.00. The van der Waals surface area contributed by atoms with Crippen molar-refractivity contribution < 1.29 is 17.9 Å². The normalized spacial score (nSPS) is 11.0. The standard InChI is InChI=1S/C24H27N3O4S/c1-26(2)20-11-9-19(10-12-20)17-25-24(28)18-27(32(3,29)30)21-13-15-23(16-14-21)31-22-7-5-4-6-8-22/h4-16H,17-18H2,1-3H3,(H,25,28). The third-order valence-corrected chi connectivity index (χ3v) is 5.87. The first kappa shape index (κ1) is 23.1. The fourth-order valence-corrected chi connectivity index (χ4v) is 3.86. The minimum absolute atomic E-state index is 0.312. The molecule has 7 nitrogen and oxygen atoms in total. The van der Waals surface area contributed by atoms with Crippen LogP contribution in [0.25, 0.3) is 0 Å². The number of benzene rings is 3. The molecule has 0 unspecified atom stereocenters. The zero-order valence-electron chi connectivity index (χ0n) is 18.4. The Balaban J connectivity index is 1.64. The first-order valence-corrected chi connectivity index (χ1v) is 11.9. The van der Waals surface area contributed by atoms with Crippen molar-refractivity contribution in [3.63, 3.8) is 0 Å². The Kier molecular flexibility index (Phi) is 7.37. The Hall–Kier alpha value is -3.52. The third kappa shape index (κ3) is 6.49. The largest absolute Gasteiger partial charge is 0.457 e. The van der Waals surface area contributed by atoms with E-state index < -0.39 is 15.9 Å². The summed E-state index contributed by atoms with van der Waals surface area (Å²) < 4.78 is 31.5. The van der Waals surface area contributed by atoms with Gasteiger partial charge in [-0.25, -0.2) is 8.42 Å². The molecule has 3 rings (SSSR count). The first-order chi connectivity index (χ1) is 15.2. The number of carbonyl (C=O) groups is 1. The number of rotatable bonds is 9. The van der Waals surface area contributed by atoms with E-state index >= 15 is 0 Å². The van der Waals surface area contributed by atoms with Crippen LogP contribution in [0.1, 0.15) is 5.56 Å². The van der Waals surface area contributed by atoms with Gasteiger partial charge in [0.1, 0.15) is 18.0 Å². The van der Waals surface area contributed by atoms with E-state index in [4.69, 9.17) is 4.74 Å². The highest BCUT2D eigenvalue weighted by atomic mass is 32.2. The Morgan fingerprint density at radius 1 is 0.844 bits per heavy atom. The van der Waals surface area contributed by atoms with Gasteiger partial charge in [-0.15, -0.1) is 0 Å². The predicted molar refractivity (Wildman–Crippen MR) is 128 cm³/mol. The van der Waals surface area contributed by atoms with Crippen LogP contribution in [0.4, 0.5) is 11.4 Å². The van der Waals surface area contributed by atoms with Crippen molar-refractivity contribution in [2.75, 3.05) is 36.1 Å². The van der Waals surface area contributed by atoms with Crippen LogP contribution in [-0.2, 0) is 21.4 Å². The SMILES string of the molecule is CN(C)c1ccc(CNC(=O)CN(c2ccc(Oc3ccccc3)cc2)S(C)(=O)=O)cc1. The van der Waals surface area contributed by atoms with E-state index in [1.54, 1.807) is 24.3 Å². The number of sulfonamides is 1. The Morgan fingerprint density at radius 2 is 1.41 bits per heavy atom. The number of anilines is 2. The predicted octanol–water partition coefficient (Wildman–Crippen LogP) is 3.63. The summed E-state index contributed by atoms with van der Waals surface area (Å²) in [4.78, 5) is 14.5. The molecule has 0 saturated heterocycles. The molecule has 0 aromatic heterocycles. The molecule has 0 radical (unpaired) electrons. The van der Waals surface area contributed by atoms with Crippen LogP contribution in [0, 0.1) is 0 Å². The van der Waals surface area contributed by atoms with Crippen LogP contribution >= 0.6 is 0 Å². The highest BCUT2D eigenvalue weighted by Gasteiger charge is 2.21. The van der Waals surface area contributed by atoms with Gasteiger partial charge in [0.25, 0.3) is 0 Å². The molecule has 0 aliphatic rings. The van der Waals surface area contributed by atoms with Crippen molar-refractivity contribution in [1.29, 1.82) is 0 Å². The maximum Gasteiger partial charge on any atom is 0.241 e. The molecule has 168 valence electrons. The van der Waals surface area contributed by atoms with Gasteiger partial charge in [0.05, 0.1) is 11.9 Å². The molecule has 0 fully saturated rings. The quantitative estimate of drug-likeness (QED) is 0.535. The summed E-state index contributed by atoms with van der Waals surface area (Å²) in [6.45, 7) is 0.00149. The van der Waals surface area contributed by atoms with E-state index in [0.29, 0.717) is 23.7 Å². The van der Waals surface area contributed by atoms with Crippen molar-refractivity contribution in [2.45, 2.75) is 6.54 Å². The van der Waals surface area contributed by atoms with Crippen LogP contribution in [0.15, 0.2) is 78.9 Å². The summed E-state index contributed by atoms with van der Waals surface area (Å²) >= 11 is 0. The number of hydrogen-bond donors (Lipinski definition) is 1. The summed E-state index contributed by atoms with van der Waals surface area (Å²) in [5.74, 6) is 0.856. The zero-order chi connectivity index (χ0) is 23.1. The van der Waals surface area contributed by atoms with E-state index in [1.165, 1.54) is 0 Å². The van der Waals surface area contributed by atoms with Crippen LogP contribution < -0.4 is 19.3 Å². The fraction of sp³-hybridized carbons (Fsp3) is 0.208. The van der Waals surface area contributed by atoms with Gasteiger partial charge in [-0.2, -0.15) is 0 Å². The summed E-state index contributed by atoms with van der Waals surface area (Å²) in [6, 6.07) is 23.6. The number of amides is 1. The molecule has 0 heterocycles. The second kappa shape index (κ2) is 10.2. The van der Waals surface area contributed by atoms with Crippen molar-refractivity contribution in [3.05, 3.63) is 84.4 Å². The average molecular weight is 454 g/mol. The number of nitrogens with zero attached hydrogens (tertiary/aromatic N) is 2. The number of nitrogens with one attached hydrogen (secondary N) is 1. The first-order valence-electron chi connectivity index (χ1n) is 10.1. The van der Waals surface area contributed by atoms with Crippen molar-refractivity contribution in [1.82, 2.24) is 5.32 Å². The van der Waals surface area contributed by atoms with Gasteiger partial charge >= 0.3 is 0 Å². The molecule has 1 amide bonds. The monoisotopic (exact) mass is 453 g/mol. The second-order valence-electron chi connectivity index (χ2n) is 7.52. The molecule has 0 saturated carbocycles. The molecule has 8 heteroatoms. The number of para-hydroxylation sites is 1. The van der Waals surface area contributed by atoms with Gasteiger partial charge in [0.2, 0.25) is 15.9 Å². The lowest BCUT2D eigenvalue weighted by Gasteiger charge is -2.22. The van der Waals surface area contributed by atoms with E-state index in [0.717, 1.165) is 21.8 Å². The van der Waals surface area contributed by atoms with Crippen LogP contribution in [0.3, 0.4) is 0 Å². The molecule has 0 atom stereocenters. The maximum absolute atomic E-state index is 12.5. The Bertz CT molecular complexity index is 1130. The molecule has 3 aromatic rings. The van der Waals surface area contributed by atoms with Crippen molar-refractivity contribution in [2.24, 2.45) is 0 Å². The molecule has 0 aliphatic heterocycles. The van der Waals surface area contributed by atoms with Crippen molar-refractivity contribution in [3.8, 4) is 11.5 Å². The summed E-state index contributed by atoms with van der Waals surface area (Å²) in [7, 11) is 0.254. The highest BCUT2D eigenvalue weighted by molar-refractivity contribution is 7.92. The van der Waals surface area contributed by atoms with Gasteiger partial charge in [0.15, 0.2) is 0 Å². The average Bonchev–Trinajstić information content (AvgIpc) is 2.77. The lowest BCUT2D eigenvalue weighted by molar-refractivity contribution is -0.119. The number of ether oxygens (including phenoxy) is 1. The second-order valence-corrected chi connectivity index (χ2v) is 9.42. The van der Waals surface area contributed by atoms with Gasteiger partial charge in [-0.05, 0) is 54.1 Å². The molecule has 0 aliphatic carbocycles. The molecular weight excluding hydrogens is 426 g/mol. The molecular formula is C24H27N3O4S. The summed E-state index contributed by atoms with van der Waals surface area (Å²) in [6.07, 6.45) is 1.08. The van der Waals surface area contributed by atoms with E-state index in [9.17, 15) is 13.2 Å². The molecule has 32 heavy (non-hydrogen) atoms. The summed E-state index contributed by atoms with van der Waals surface area (Å²) in [5.41, 5.74) is 2.37. The van der Waals surface area contributed by atoms with Gasteiger partial charge in [0, 0.05) is 26.3 Å². The Labute approximate surface area is 189 Å². The lowest BCUT2D eigenvalue weighted by atomic mass is 10.2. The third-order valence-electron chi connectivity index (χ3n) is 4.73. The van der Waals surface area contributed by atoms with E-state index in [-0.39, 0.29) is 6.54 Å². The topological polar surface area (TPSA) is 79.0 Å². The highest BCUT2D eigenvalue weighted by Crippen LogP contribution is 2.25. The smallest absolute Gasteiger partial charge is 0.241 e. The summed E-state index contributed by atoms with van der Waals surface area (Å²) in [5, 5.41) is 2.78. The Morgan fingerprint density at radius 3 is 1.97 bits per heavy atom. The lowest BCUT2D eigenvalue weighted by Crippen LogP contribution is -2.40. The zero-order valence-corrected chi connectivity index (χ0v) is 19.2. The van der Waals surface area contributed by atoms with E-state index in [1.807, 2.05) is 73.6 Å². The van der Waals surface area contributed by atoms with Gasteiger partial charge in [-0.1, -0.05) is 30.3 Å². The minimum Gasteiger partial charge on any atom is -0.457 e. The molecule has 0 spiro atoms. The van der Waals surface area contributed by atoms with Crippen molar-refractivity contribution >= 4 is 27.3 Å².